The molecule has 0 fully saturated rings. The Hall–Kier alpha value is -2.22. The summed E-state index contributed by atoms with van der Waals surface area (Å²) in [5, 5.41) is 2.58. The summed E-state index contributed by atoms with van der Waals surface area (Å²) in [6.45, 7) is 5.14. The highest BCUT2D eigenvalue weighted by molar-refractivity contribution is 5.97. The van der Waals surface area contributed by atoms with E-state index in [1.165, 1.54) is 12.4 Å². The quantitative estimate of drug-likeness (QED) is 0.414. The third-order valence-electron chi connectivity index (χ3n) is 3.05. The van der Waals surface area contributed by atoms with Crippen LogP contribution in [0.4, 0.5) is 5.82 Å². The molecule has 0 aliphatic carbocycles. The number of amides is 2. The summed E-state index contributed by atoms with van der Waals surface area (Å²) in [6.07, 6.45) is 2.64. The van der Waals surface area contributed by atoms with Gasteiger partial charge in [0.15, 0.2) is 5.82 Å². The number of hydrogen-bond acceptors (Lipinski definition) is 6. The van der Waals surface area contributed by atoms with Gasteiger partial charge in [-0.15, -0.1) is 0 Å². The lowest BCUT2D eigenvalue weighted by Crippen LogP contribution is -2.58. The normalized spacial score (nSPS) is 13.7. The molecule has 0 saturated carbocycles. The van der Waals surface area contributed by atoms with Crippen molar-refractivity contribution in [3.8, 4) is 0 Å². The first kappa shape index (κ1) is 14.8. The summed E-state index contributed by atoms with van der Waals surface area (Å²) in [7, 11) is 0. The van der Waals surface area contributed by atoms with Crippen molar-refractivity contribution in [1.82, 2.24) is 15.3 Å². The van der Waals surface area contributed by atoms with Crippen molar-refractivity contribution in [3.05, 3.63) is 18.1 Å². The number of carbonyl (C=O) groups excluding carboxylic acids is 2. The molecule has 1 atom stereocenters. The van der Waals surface area contributed by atoms with Gasteiger partial charge in [0.25, 0.3) is 5.91 Å². The van der Waals surface area contributed by atoms with Crippen molar-refractivity contribution < 1.29 is 9.59 Å². The largest absolute Gasteiger partial charge is 0.368 e. The Morgan fingerprint density at radius 1 is 1.37 bits per heavy atom. The van der Waals surface area contributed by atoms with Crippen molar-refractivity contribution in [2.75, 3.05) is 5.43 Å². The maximum Gasteiger partial charge on any atom is 0.272 e. The monoisotopic (exact) mass is 266 g/mol. The molecular weight excluding hydrogens is 248 g/mol. The number of nitrogens with zero attached hydrogens (tertiary/aromatic N) is 2. The minimum absolute atomic E-state index is 0.0450. The molecule has 1 heterocycles. The lowest BCUT2D eigenvalue weighted by atomic mass is 9.87. The fraction of sp³-hybridized carbons (Fsp3) is 0.455. The first-order valence-corrected chi connectivity index (χ1v) is 5.72. The van der Waals surface area contributed by atoms with Gasteiger partial charge in [-0.1, -0.05) is 13.8 Å². The Morgan fingerprint density at radius 2 is 2.00 bits per heavy atom. The molecule has 0 radical (unpaired) electrons. The number of nitrogens with two attached hydrogens (primary N) is 2. The zero-order valence-corrected chi connectivity index (χ0v) is 11.1. The fourth-order valence-electron chi connectivity index (χ4n) is 1.34. The van der Waals surface area contributed by atoms with Crippen LogP contribution in [0.15, 0.2) is 12.4 Å². The molecule has 104 valence electrons. The summed E-state index contributed by atoms with van der Waals surface area (Å²) in [4.78, 5) is 31.3. The number of carbonyl (C=O) groups is 2. The molecule has 0 bridgehead atoms. The summed E-state index contributed by atoms with van der Waals surface area (Å²) >= 11 is 0. The Kier molecular flexibility index (Phi) is 4.38. The van der Waals surface area contributed by atoms with E-state index in [4.69, 9.17) is 11.6 Å². The van der Waals surface area contributed by atoms with Gasteiger partial charge in [0, 0.05) is 0 Å². The van der Waals surface area contributed by atoms with Crippen LogP contribution in [0.5, 0.6) is 0 Å². The molecule has 8 nitrogen and oxygen atoms in total. The van der Waals surface area contributed by atoms with E-state index in [0.29, 0.717) is 0 Å². The molecule has 1 unspecified atom stereocenters. The van der Waals surface area contributed by atoms with E-state index in [9.17, 15) is 9.59 Å². The maximum atomic E-state index is 12.0. The SMILES string of the molecule is CC(C)C(C)(NC(=O)c1cncc(NN)n1)C(N)=O. The molecule has 1 aromatic rings. The van der Waals surface area contributed by atoms with Crippen molar-refractivity contribution in [1.29, 1.82) is 0 Å². The average Bonchev–Trinajstić information content (AvgIpc) is 2.38. The molecule has 0 aliphatic heterocycles. The Labute approximate surface area is 110 Å². The number of nitrogen functional groups attached to an aromatic ring is 1. The Morgan fingerprint density at radius 3 is 2.47 bits per heavy atom. The number of primary amides is 1. The Balaban J connectivity index is 2.97. The molecule has 0 spiro atoms. The van der Waals surface area contributed by atoms with Crippen LogP contribution in [0.3, 0.4) is 0 Å². The lowest BCUT2D eigenvalue weighted by molar-refractivity contribution is -0.125. The summed E-state index contributed by atoms with van der Waals surface area (Å²) in [5.41, 5.74) is 6.50. The number of hydrogen-bond donors (Lipinski definition) is 4. The minimum Gasteiger partial charge on any atom is -0.368 e. The maximum absolute atomic E-state index is 12.0. The third-order valence-corrected chi connectivity index (χ3v) is 3.05. The standard InChI is InChI=1S/C11H18N6O2/c1-6(2)11(3,10(12)19)16-9(18)7-4-14-5-8(15-7)17-13/h4-6H,13H2,1-3H3,(H2,12,19)(H,15,17)(H,16,18). The molecule has 1 aromatic heterocycles. The zero-order chi connectivity index (χ0) is 14.6. The summed E-state index contributed by atoms with van der Waals surface area (Å²) in [6, 6.07) is 0. The first-order valence-electron chi connectivity index (χ1n) is 5.72. The van der Waals surface area contributed by atoms with Gasteiger partial charge in [0.2, 0.25) is 5.91 Å². The van der Waals surface area contributed by atoms with Gasteiger partial charge in [-0.25, -0.2) is 10.8 Å². The van der Waals surface area contributed by atoms with Crippen molar-refractivity contribution in [2.45, 2.75) is 26.3 Å². The van der Waals surface area contributed by atoms with Gasteiger partial charge in [-0.2, -0.15) is 0 Å². The van der Waals surface area contributed by atoms with Gasteiger partial charge in [0.1, 0.15) is 11.2 Å². The predicted molar refractivity (Wildman–Crippen MR) is 69.7 cm³/mol. The van der Waals surface area contributed by atoms with Crippen LogP contribution < -0.4 is 22.3 Å². The summed E-state index contributed by atoms with van der Waals surface area (Å²) in [5.74, 6) is 4.11. The number of hydrazine groups is 1. The average molecular weight is 266 g/mol. The van der Waals surface area contributed by atoms with Crippen LogP contribution in [0.1, 0.15) is 31.3 Å². The number of aromatic nitrogens is 2. The molecular formula is C11H18N6O2. The highest BCUT2D eigenvalue weighted by Gasteiger charge is 2.36. The van der Waals surface area contributed by atoms with Crippen molar-refractivity contribution >= 4 is 17.6 Å². The van der Waals surface area contributed by atoms with E-state index < -0.39 is 17.4 Å². The lowest BCUT2D eigenvalue weighted by Gasteiger charge is -2.31. The number of anilines is 1. The molecule has 6 N–H and O–H groups in total. The van der Waals surface area contributed by atoms with Gasteiger partial charge >= 0.3 is 0 Å². The smallest absolute Gasteiger partial charge is 0.272 e. The highest BCUT2D eigenvalue weighted by Crippen LogP contribution is 2.16. The molecule has 19 heavy (non-hydrogen) atoms. The topological polar surface area (TPSA) is 136 Å². The van der Waals surface area contributed by atoms with Crippen LogP contribution in [-0.4, -0.2) is 27.3 Å². The minimum atomic E-state index is -1.16. The van der Waals surface area contributed by atoms with Crippen molar-refractivity contribution in [3.63, 3.8) is 0 Å². The van der Waals surface area contributed by atoms with E-state index in [-0.39, 0.29) is 17.4 Å². The van der Waals surface area contributed by atoms with Crippen LogP contribution in [0.2, 0.25) is 0 Å². The second-order valence-corrected chi connectivity index (χ2v) is 4.61. The highest BCUT2D eigenvalue weighted by atomic mass is 16.2. The third kappa shape index (κ3) is 3.16. The van der Waals surface area contributed by atoms with E-state index >= 15 is 0 Å². The van der Waals surface area contributed by atoms with E-state index in [0.717, 1.165) is 0 Å². The molecule has 8 heteroatoms. The molecule has 0 aromatic carbocycles. The van der Waals surface area contributed by atoms with Crippen molar-refractivity contribution in [2.24, 2.45) is 17.5 Å². The van der Waals surface area contributed by atoms with E-state index in [2.05, 4.69) is 20.7 Å². The van der Waals surface area contributed by atoms with Gasteiger partial charge in [0.05, 0.1) is 12.4 Å². The van der Waals surface area contributed by atoms with E-state index in [1.54, 1.807) is 20.8 Å². The van der Waals surface area contributed by atoms with Crippen LogP contribution in [0, 0.1) is 5.92 Å². The zero-order valence-electron chi connectivity index (χ0n) is 11.1. The second kappa shape index (κ2) is 5.61. The van der Waals surface area contributed by atoms with Crippen LogP contribution in [-0.2, 0) is 4.79 Å². The van der Waals surface area contributed by atoms with E-state index in [1.807, 2.05) is 0 Å². The molecule has 2 amide bonds. The second-order valence-electron chi connectivity index (χ2n) is 4.61. The fourth-order valence-corrected chi connectivity index (χ4v) is 1.34. The Bertz CT molecular complexity index is 490. The number of rotatable bonds is 5. The van der Waals surface area contributed by atoms with Crippen LogP contribution >= 0.6 is 0 Å². The molecule has 0 aliphatic rings. The number of nitrogens with one attached hydrogen (secondary N) is 2. The first-order chi connectivity index (χ1) is 8.81. The summed E-state index contributed by atoms with van der Waals surface area (Å²) < 4.78 is 0. The van der Waals surface area contributed by atoms with Gasteiger partial charge in [-0.05, 0) is 12.8 Å². The van der Waals surface area contributed by atoms with Crippen LogP contribution in [0.25, 0.3) is 0 Å². The molecule has 0 saturated heterocycles. The molecule has 1 rings (SSSR count). The van der Waals surface area contributed by atoms with Gasteiger partial charge in [-0.3, -0.25) is 14.6 Å². The predicted octanol–water partition coefficient (Wildman–Crippen LogP) is -0.608. The van der Waals surface area contributed by atoms with Gasteiger partial charge < -0.3 is 16.5 Å².